The number of rotatable bonds is 4. The number of aromatic nitrogens is 2. The van der Waals surface area contributed by atoms with Crippen molar-refractivity contribution in [1.82, 2.24) is 14.9 Å². The standard InChI is InChI=1S/C14H10ClN3OS2/c15-10-5-3-9(4-6-10)8-16-14(19)13-12(17-18-21-13)11-2-1-7-20-11/h1-7H,8H2,(H,16,19). The molecule has 0 aliphatic rings. The molecule has 21 heavy (non-hydrogen) atoms. The van der Waals surface area contributed by atoms with Gasteiger partial charge in [-0.15, -0.1) is 16.4 Å². The predicted molar refractivity (Wildman–Crippen MR) is 85.8 cm³/mol. The van der Waals surface area contributed by atoms with E-state index in [9.17, 15) is 4.79 Å². The molecule has 4 nitrogen and oxygen atoms in total. The lowest BCUT2D eigenvalue weighted by atomic mass is 10.2. The van der Waals surface area contributed by atoms with Crippen molar-refractivity contribution in [3.63, 3.8) is 0 Å². The highest BCUT2D eigenvalue weighted by molar-refractivity contribution is 7.14. The molecule has 0 aliphatic heterocycles. The van der Waals surface area contributed by atoms with Crippen LogP contribution in [-0.4, -0.2) is 15.5 Å². The van der Waals surface area contributed by atoms with E-state index in [0.717, 1.165) is 22.0 Å². The van der Waals surface area contributed by atoms with E-state index in [-0.39, 0.29) is 5.91 Å². The van der Waals surface area contributed by atoms with Gasteiger partial charge in [0.15, 0.2) is 0 Å². The van der Waals surface area contributed by atoms with Crippen LogP contribution in [0, 0.1) is 0 Å². The number of nitrogens with one attached hydrogen (secondary N) is 1. The number of carbonyl (C=O) groups excluding carboxylic acids is 1. The lowest BCUT2D eigenvalue weighted by molar-refractivity contribution is 0.0955. The van der Waals surface area contributed by atoms with Crippen LogP contribution in [0.15, 0.2) is 41.8 Å². The summed E-state index contributed by atoms with van der Waals surface area (Å²) >= 11 is 8.48. The van der Waals surface area contributed by atoms with E-state index in [0.29, 0.717) is 22.1 Å². The Morgan fingerprint density at radius 3 is 2.76 bits per heavy atom. The van der Waals surface area contributed by atoms with Crippen LogP contribution in [0.3, 0.4) is 0 Å². The van der Waals surface area contributed by atoms with Crippen LogP contribution in [0.25, 0.3) is 10.6 Å². The summed E-state index contributed by atoms with van der Waals surface area (Å²) in [6.45, 7) is 0.442. The van der Waals surface area contributed by atoms with E-state index >= 15 is 0 Å². The zero-order valence-corrected chi connectivity index (χ0v) is 13.1. The molecule has 0 spiro atoms. The second-order valence-electron chi connectivity index (χ2n) is 4.24. The Kier molecular flexibility index (Phi) is 4.28. The van der Waals surface area contributed by atoms with Gasteiger partial charge in [-0.25, -0.2) is 0 Å². The summed E-state index contributed by atoms with van der Waals surface area (Å²) in [5.41, 5.74) is 1.63. The third-order valence-electron chi connectivity index (χ3n) is 2.82. The minimum atomic E-state index is -0.164. The van der Waals surface area contributed by atoms with Crippen molar-refractivity contribution < 1.29 is 4.79 Å². The Balaban J connectivity index is 1.72. The van der Waals surface area contributed by atoms with Crippen LogP contribution < -0.4 is 5.32 Å². The van der Waals surface area contributed by atoms with Crippen LogP contribution in [0.1, 0.15) is 15.2 Å². The van der Waals surface area contributed by atoms with Gasteiger partial charge in [-0.1, -0.05) is 34.3 Å². The van der Waals surface area contributed by atoms with Gasteiger partial charge in [-0.05, 0) is 40.7 Å². The van der Waals surface area contributed by atoms with Gasteiger partial charge < -0.3 is 5.32 Å². The lowest BCUT2D eigenvalue weighted by Crippen LogP contribution is -2.22. The minimum Gasteiger partial charge on any atom is -0.347 e. The molecule has 0 saturated heterocycles. The molecular weight excluding hydrogens is 326 g/mol. The molecule has 0 fully saturated rings. The molecular formula is C14H10ClN3OS2. The summed E-state index contributed by atoms with van der Waals surface area (Å²) in [6, 6.07) is 11.2. The molecule has 2 aromatic heterocycles. The molecule has 0 bridgehead atoms. The normalized spacial score (nSPS) is 10.5. The number of hydrogen-bond donors (Lipinski definition) is 1. The Bertz CT molecular complexity index is 738. The molecule has 2 heterocycles. The highest BCUT2D eigenvalue weighted by Gasteiger charge is 2.18. The number of carbonyl (C=O) groups is 1. The molecule has 1 amide bonds. The van der Waals surface area contributed by atoms with E-state index in [2.05, 4.69) is 14.9 Å². The number of nitrogens with zero attached hydrogens (tertiary/aromatic N) is 2. The molecule has 0 aliphatic carbocycles. The van der Waals surface area contributed by atoms with Crippen LogP contribution >= 0.6 is 34.5 Å². The van der Waals surface area contributed by atoms with E-state index in [1.165, 1.54) is 11.3 Å². The zero-order valence-electron chi connectivity index (χ0n) is 10.7. The largest absolute Gasteiger partial charge is 0.347 e. The molecule has 0 saturated carbocycles. The maximum atomic E-state index is 12.3. The summed E-state index contributed by atoms with van der Waals surface area (Å²) < 4.78 is 3.89. The average molecular weight is 336 g/mol. The third-order valence-corrected chi connectivity index (χ3v) is 4.67. The minimum absolute atomic E-state index is 0.164. The van der Waals surface area contributed by atoms with Crippen molar-refractivity contribution in [2.24, 2.45) is 0 Å². The fourth-order valence-corrected chi connectivity index (χ4v) is 3.28. The van der Waals surface area contributed by atoms with Crippen molar-refractivity contribution in [3.8, 4) is 10.6 Å². The molecule has 0 atom stereocenters. The van der Waals surface area contributed by atoms with E-state index in [1.54, 1.807) is 12.1 Å². The second-order valence-corrected chi connectivity index (χ2v) is 6.38. The molecule has 1 aromatic carbocycles. The van der Waals surface area contributed by atoms with Gasteiger partial charge in [0.25, 0.3) is 5.91 Å². The van der Waals surface area contributed by atoms with E-state index in [4.69, 9.17) is 11.6 Å². The maximum Gasteiger partial charge on any atom is 0.265 e. The quantitative estimate of drug-likeness (QED) is 0.788. The number of halogens is 1. The first-order valence-corrected chi connectivity index (χ1v) is 8.16. The first-order valence-electron chi connectivity index (χ1n) is 6.13. The van der Waals surface area contributed by atoms with Crippen LogP contribution in [0.4, 0.5) is 0 Å². The average Bonchev–Trinajstić information content (AvgIpc) is 3.16. The van der Waals surface area contributed by atoms with E-state index < -0.39 is 0 Å². The Morgan fingerprint density at radius 2 is 2.05 bits per heavy atom. The van der Waals surface area contributed by atoms with Gasteiger partial charge in [-0.3, -0.25) is 4.79 Å². The van der Waals surface area contributed by atoms with Crippen molar-refractivity contribution in [3.05, 3.63) is 57.2 Å². The fourth-order valence-electron chi connectivity index (χ4n) is 1.78. The first-order chi connectivity index (χ1) is 10.2. The highest BCUT2D eigenvalue weighted by atomic mass is 35.5. The number of thiophene rings is 1. The molecule has 1 N–H and O–H groups in total. The SMILES string of the molecule is O=C(NCc1ccc(Cl)cc1)c1snnc1-c1cccs1. The van der Waals surface area contributed by atoms with Gasteiger partial charge in [0.2, 0.25) is 0 Å². The number of hydrogen-bond acceptors (Lipinski definition) is 5. The van der Waals surface area contributed by atoms with Gasteiger partial charge in [0.05, 0.1) is 4.88 Å². The fraction of sp³-hybridized carbons (Fsp3) is 0.0714. The molecule has 106 valence electrons. The van der Waals surface area contributed by atoms with Crippen LogP contribution in [0.5, 0.6) is 0 Å². The van der Waals surface area contributed by atoms with Gasteiger partial charge in [-0.2, -0.15) is 0 Å². The summed E-state index contributed by atoms with van der Waals surface area (Å²) in [5.74, 6) is -0.164. The number of benzene rings is 1. The van der Waals surface area contributed by atoms with Gasteiger partial charge in [0, 0.05) is 11.6 Å². The monoisotopic (exact) mass is 335 g/mol. The zero-order chi connectivity index (χ0) is 14.7. The summed E-state index contributed by atoms with van der Waals surface area (Å²) in [6.07, 6.45) is 0. The summed E-state index contributed by atoms with van der Waals surface area (Å²) in [7, 11) is 0. The predicted octanol–water partition coefficient (Wildman–Crippen LogP) is 3.85. The van der Waals surface area contributed by atoms with Gasteiger partial charge in [0.1, 0.15) is 10.6 Å². The Labute approximate surface area is 134 Å². The Morgan fingerprint density at radius 1 is 1.24 bits per heavy atom. The van der Waals surface area contributed by atoms with Crippen LogP contribution in [0.2, 0.25) is 5.02 Å². The summed E-state index contributed by atoms with van der Waals surface area (Å²) in [5, 5.41) is 9.55. The van der Waals surface area contributed by atoms with Crippen LogP contribution in [-0.2, 0) is 6.54 Å². The molecule has 3 aromatic rings. The molecule has 0 radical (unpaired) electrons. The van der Waals surface area contributed by atoms with Crippen molar-refractivity contribution in [2.75, 3.05) is 0 Å². The first kappa shape index (κ1) is 14.2. The van der Waals surface area contributed by atoms with Crippen molar-refractivity contribution in [2.45, 2.75) is 6.54 Å². The third kappa shape index (κ3) is 3.29. The maximum absolute atomic E-state index is 12.3. The number of amides is 1. The van der Waals surface area contributed by atoms with Crippen molar-refractivity contribution in [1.29, 1.82) is 0 Å². The summed E-state index contributed by atoms with van der Waals surface area (Å²) in [4.78, 5) is 13.7. The smallest absolute Gasteiger partial charge is 0.265 e. The van der Waals surface area contributed by atoms with E-state index in [1.807, 2.05) is 29.6 Å². The molecule has 0 unspecified atom stereocenters. The Hall–Kier alpha value is -1.76. The second kappa shape index (κ2) is 6.34. The van der Waals surface area contributed by atoms with Crippen molar-refractivity contribution >= 4 is 40.4 Å². The highest BCUT2D eigenvalue weighted by Crippen LogP contribution is 2.27. The molecule has 7 heteroatoms. The lowest BCUT2D eigenvalue weighted by Gasteiger charge is -2.04. The molecule has 3 rings (SSSR count). The topological polar surface area (TPSA) is 54.9 Å². The van der Waals surface area contributed by atoms with Gasteiger partial charge >= 0.3 is 0 Å².